The normalized spacial score (nSPS) is 12.4. The average molecular weight is 216 g/mol. The first kappa shape index (κ1) is 10.8. The Balaban J connectivity index is 2.38. The number of nitrogens with zero attached hydrogens (tertiary/aromatic N) is 1. The van der Waals surface area contributed by atoms with Crippen molar-refractivity contribution in [2.75, 3.05) is 0 Å². The Hall–Kier alpha value is -1.74. The number of benzene rings is 1. The molecular formula is C13H13FN2. The monoisotopic (exact) mass is 216 g/mol. The number of pyridine rings is 1. The molecule has 2 aromatic rings. The lowest BCUT2D eigenvalue weighted by Gasteiger charge is -2.14. The zero-order valence-electron chi connectivity index (χ0n) is 9.02. The molecule has 1 atom stereocenters. The zero-order chi connectivity index (χ0) is 11.5. The standard InChI is InChI=1S/C13H13FN2/c1-9-8-10(14)5-6-11(9)13(15)12-4-2-3-7-16-12/h2-8,13H,15H2,1H3. The van der Waals surface area contributed by atoms with Gasteiger partial charge in [-0.15, -0.1) is 0 Å². The van der Waals surface area contributed by atoms with Crippen molar-refractivity contribution in [3.05, 3.63) is 65.2 Å². The minimum Gasteiger partial charge on any atom is -0.319 e. The molecule has 1 aromatic heterocycles. The molecule has 16 heavy (non-hydrogen) atoms. The lowest BCUT2D eigenvalue weighted by atomic mass is 9.99. The molecule has 2 N–H and O–H groups in total. The number of aromatic nitrogens is 1. The van der Waals surface area contributed by atoms with Crippen LogP contribution in [-0.2, 0) is 0 Å². The Morgan fingerprint density at radius 2 is 2.06 bits per heavy atom. The molecule has 2 nitrogen and oxygen atoms in total. The molecule has 0 aliphatic rings. The summed E-state index contributed by atoms with van der Waals surface area (Å²) in [7, 11) is 0. The van der Waals surface area contributed by atoms with E-state index in [4.69, 9.17) is 5.73 Å². The van der Waals surface area contributed by atoms with Crippen molar-refractivity contribution in [3.8, 4) is 0 Å². The van der Waals surface area contributed by atoms with Crippen molar-refractivity contribution in [1.82, 2.24) is 4.98 Å². The van der Waals surface area contributed by atoms with Crippen molar-refractivity contribution in [2.24, 2.45) is 5.73 Å². The van der Waals surface area contributed by atoms with Gasteiger partial charge in [0.15, 0.2) is 0 Å². The van der Waals surface area contributed by atoms with Crippen molar-refractivity contribution >= 4 is 0 Å². The first-order valence-corrected chi connectivity index (χ1v) is 5.11. The Labute approximate surface area is 93.9 Å². The van der Waals surface area contributed by atoms with Crippen LogP contribution in [0.25, 0.3) is 0 Å². The summed E-state index contributed by atoms with van der Waals surface area (Å²) in [5, 5.41) is 0. The van der Waals surface area contributed by atoms with Gasteiger partial charge < -0.3 is 5.73 Å². The molecule has 0 amide bonds. The molecule has 3 heteroatoms. The summed E-state index contributed by atoms with van der Waals surface area (Å²) >= 11 is 0. The van der Waals surface area contributed by atoms with Gasteiger partial charge in [0.1, 0.15) is 5.82 Å². The van der Waals surface area contributed by atoms with Crippen LogP contribution < -0.4 is 5.73 Å². The molecule has 0 aliphatic carbocycles. The fraction of sp³-hybridized carbons (Fsp3) is 0.154. The molecule has 0 spiro atoms. The van der Waals surface area contributed by atoms with E-state index in [9.17, 15) is 4.39 Å². The highest BCUT2D eigenvalue weighted by molar-refractivity contribution is 5.34. The first-order chi connectivity index (χ1) is 7.68. The van der Waals surface area contributed by atoms with Gasteiger partial charge in [-0.05, 0) is 42.3 Å². The molecule has 0 fully saturated rings. The van der Waals surface area contributed by atoms with E-state index in [1.807, 2.05) is 25.1 Å². The number of hydrogen-bond donors (Lipinski definition) is 1. The van der Waals surface area contributed by atoms with Gasteiger partial charge in [0.2, 0.25) is 0 Å². The van der Waals surface area contributed by atoms with Gasteiger partial charge in [0.25, 0.3) is 0 Å². The lowest BCUT2D eigenvalue weighted by molar-refractivity contribution is 0.624. The molecule has 0 aliphatic heterocycles. The van der Waals surface area contributed by atoms with Crippen molar-refractivity contribution in [3.63, 3.8) is 0 Å². The quantitative estimate of drug-likeness (QED) is 0.838. The van der Waals surface area contributed by atoms with Crippen LogP contribution in [0.2, 0.25) is 0 Å². The topological polar surface area (TPSA) is 38.9 Å². The zero-order valence-corrected chi connectivity index (χ0v) is 9.02. The summed E-state index contributed by atoms with van der Waals surface area (Å²) in [6, 6.07) is 9.91. The summed E-state index contributed by atoms with van der Waals surface area (Å²) in [6.45, 7) is 1.85. The van der Waals surface area contributed by atoms with Gasteiger partial charge in [0, 0.05) is 6.20 Å². The minimum absolute atomic E-state index is 0.241. The maximum Gasteiger partial charge on any atom is 0.123 e. The lowest BCUT2D eigenvalue weighted by Crippen LogP contribution is -2.14. The Bertz CT molecular complexity index is 483. The maximum absolute atomic E-state index is 13.0. The predicted molar refractivity (Wildman–Crippen MR) is 61.4 cm³/mol. The minimum atomic E-state index is -0.304. The van der Waals surface area contributed by atoms with Crippen LogP contribution in [-0.4, -0.2) is 4.98 Å². The van der Waals surface area contributed by atoms with E-state index < -0.39 is 0 Å². The highest BCUT2D eigenvalue weighted by Gasteiger charge is 2.12. The van der Waals surface area contributed by atoms with Crippen molar-refractivity contribution in [2.45, 2.75) is 13.0 Å². The number of halogens is 1. The van der Waals surface area contributed by atoms with E-state index in [1.54, 1.807) is 12.3 Å². The third kappa shape index (κ3) is 2.09. The van der Waals surface area contributed by atoms with Crippen LogP contribution in [0.3, 0.4) is 0 Å². The highest BCUT2D eigenvalue weighted by atomic mass is 19.1. The molecule has 0 saturated carbocycles. The molecule has 1 unspecified atom stereocenters. The van der Waals surface area contributed by atoms with Crippen molar-refractivity contribution < 1.29 is 4.39 Å². The summed E-state index contributed by atoms with van der Waals surface area (Å²) in [5.74, 6) is -0.241. The third-order valence-corrected chi connectivity index (χ3v) is 2.57. The van der Waals surface area contributed by atoms with E-state index in [0.717, 1.165) is 16.8 Å². The van der Waals surface area contributed by atoms with E-state index in [2.05, 4.69) is 4.98 Å². The van der Waals surface area contributed by atoms with E-state index in [1.165, 1.54) is 12.1 Å². The Kier molecular flexibility index (Phi) is 2.97. The summed E-state index contributed by atoms with van der Waals surface area (Å²) in [6.07, 6.45) is 1.70. The smallest absolute Gasteiger partial charge is 0.123 e. The van der Waals surface area contributed by atoms with Gasteiger partial charge in [-0.25, -0.2) is 4.39 Å². The molecule has 0 saturated heterocycles. The summed E-state index contributed by atoms with van der Waals surface area (Å²) < 4.78 is 13.0. The van der Waals surface area contributed by atoms with Gasteiger partial charge in [0.05, 0.1) is 11.7 Å². The molecular weight excluding hydrogens is 203 g/mol. The predicted octanol–water partition coefficient (Wildman–Crippen LogP) is 2.58. The fourth-order valence-corrected chi connectivity index (χ4v) is 1.71. The average Bonchev–Trinajstić information content (AvgIpc) is 2.29. The number of aryl methyl sites for hydroxylation is 1. The molecule has 0 radical (unpaired) electrons. The fourth-order valence-electron chi connectivity index (χ4n) is 1.71. The number of rotatable bonds is 2. The second-order valence-corrected chi connectivity index (χ2v) is 3.73. The van der Waals surface area contributed by atoms with Gasteiger partial charge >= 0.3 is 0 Å². The van der Waals surface area contributed by atoms with E-state index in [-0.39, 0.29) is 11.9 Å². The first-order valence-electron chi connectivity index (χ1n) is 5.11. The second-order valence-electron chi connectivity index (χ2n) is 3.73. The number of nitrogens with two attached hydrogens (primary N) is 1. The summed E-state index contributed by atoms with van der Waals surface area (Å²) in [5.41, 5.74) is 8.62. The van der Waals surface area contributed by atoms with Crippen LogP contribution in [0, 0.1) is 12.7 Å². The van der Waals surface area contributed by atoms with E-state index in [0.29, 0.717) is 0 Å². The highest BCUT2D eigenvalue weighted by Crippen LogP contribution is 2.21. The maximum atomic E-state index is 13.0. The molecule has 2 rings (SSSR count). The van der Waals surface area contributed by atoms with Crippen LogP contribution in [0.5, 0.6) is 0 Å². The van der Waals surface area contributed by atoms with Crippen LogP contribution in [0.15, 0.2) is 42.6 Å². The largest absolute Gasteiger partial charge is 0.319 e. The molecule has 1 heterocycles. The molecule has 82 valence electrons. The third-order valence-electron chi connectivity index (χ3n) is 2.57. The number of hydrogen-bond acceptors (Lipinski definition) is 2. The van der Waals surface area contributed by atoms with Crippen LogP contribution >= 0.6 is 0 Å². The van der Waals surface area contributed by atoms with Crippen LogP contribution in [0.4, 0.5) is 4.39 Å². The molecule has 0 bridgehead atoms. The Morgan fingerprint density at radius 3 is 2.69 bits per heavy atom. The van der Waals surface area contributed by atoms with Gasteiger partial charge in [-0.2, -0.15) is 0 Å². The van der Waals surface area contributed by atoms with Gasteiger partial charge in [-0.1, -0.05) is 12.1 Å². The summed E-state index contributed by atoms with van der Waals surface area (Å²) in [4.78, 5) is 4.20. The second kappa shape index (κ2) is 4.41. The SMILES string of the molecule is Cc1cc(F)ccc1C(N)c1ccccn1. The molecule has 1 aromatic carbocycles. The Morgan fingerprint density at radius 1 is 1.25 bits per heavy atom. The van der Waals surface area contributed by atoms with Crippen LogP contribution in [0.1, 0.15) is 22.9 Å². The van der Waals surface area contributed by atoms with E-state index >= 15 is 0 Å². The van der Waals surface area contributed by atoms with Crippen molar-refractivity contribution in [1.29, 1.82) is 0 Å². The van der Waals surface area contributed by atoms with Gasteiger partial charge in [-0.3, -0.25) is 4.98 Å².